The molecule has 0 radical (unpaired) electrons. The van der Waals surface area contributed by atoms with Gasteiger partial charge < -0.3 is 9.38 Å². The summed E-state index contributed by atoms with van der Waals surface area (Å²) in [6.45, 7) is 0. The molecule has 0 fully saturated rings. The van der Waals surface area contributed by atoms with Gasteiger partial charge in [0.15, 0.2) is 0 Å². The molecule has 0 aliphatic heterocycles. The highest BCUT2D eigenvalue weighted by Gasteiger charge is 2.19. The number of aromatic nitrogens is 2. The molecule has 0 bridgehead atoms. The van der Waals surface area contributed by atoms with Gasteiger partial charge in [0.2, 0.25) is 0 Å². The molecule has 144 valence electrons. The molecule has 3 heterocycles. The first kappa shape index (κ1) is 16.2. The van der Waals surface area contributed by atoms with Crippen LogP contribution >= 0.6 is 15.9 Å². The molecule has 31 heavy (non-hydrogen) atoms. The van der Waals surface area contributed by atoms with Crippen molar-refractivity contribution in [2.24, 2.45) is 0 Å². The third-order valence-electron chi connectivity index (χ3n) is 6.88. The van der Waals surface area contributed by atoms with E-state index >= 15 is 0 Å². The van der Waals surface area contributed by atoms with E-state index in [2.05, 4.69) is 110 Å². The lowest BCUT2D eigenvalue weighted by atomic mass is 10.00. The van der Waals surface area contributed by atoms with E-state index in [4.69, 9.17) is 0 Å². The molecule has 5 aromatic carbocycles. The Morgan fingerprint density at radius 1 is 0.581 bits per heavy atom. The van der Waals surface area contributed by atoms with Gasteiger partial charge in [0.25, 0.3) is 0 Å². The largest absolute Gasteiger partial charge is 0.354 e. The first-order chi connectivity index (χ1) is 15.3. The van der Waals surface area contributed by atoms with Crippen molar-refractivity contribution in [3.63, 3.8) is 0 Å². The molecule has 0 saturated carbocycles. The van der Waals surface area contributed by atoms with E-state index in [0.717, 1.165) is 4.47 Å². The molecular weight excluding hydrogens is 444 g/mol. The fourth-order valence-electron chi connectivity index (χ4n) is 5.62. The fourth-order valence-corrected chi connectivity index (χ4v) is 5.98. The number of nitrogens with zero attached hydrogens (tertiary/aromatic N) is 1. The molecule has 2 nitrogen and oxygen atoms in total. The van der Waals surface area contributed by atoms with Crippen molar-refractivity contribution in [2.75, 3.05) is 0 Å². The highest BCUT2D eigenvalue weighted by atomic mass is 79.9. The second-order valence-electron chi connectivity index (χ2n) is 8.45. The summed E-state index contributed by atoms with van der Waals surface area (Å²) in [7, 11) is 0. The zero-order valence-corrected chi connectivity index (χ0v) is 18.0. The molecule has 0 aliphatic carbocycles. The average Bonchev–Trinajstić information content (AvgIpc) is 3.44. The molecule has 3 heteroatoms. The van der Waals surface area contributed by atoms with Crippen LogP contribution in [0.4, 0.5) is 0 Å². The third kappa shape index (κ3) is 1.89. The molecule has 0 atom stereocenters. The Hall–Kier alpha value is -3.56. The number of hydrogen-bond donors (Lipinski definition) is 1. The summed E-state index contributed by atoms with van der Waals surface area (Å²) in [5.41, 5.74) is 6.24. The molecule has 0 spiro atoms. The van der Waals surface area contributed by atoms with Crippen LogP contribution < -0.4 is 0 Å². The van der Waals surface area contributed by atoms with Gasteiger partial charge in [-0.3, -0.25) is 0 Å². The number of benzene rings is 5. The highest BCUT2D eigenvalue weighted by Crippen LogP contribution is 2.42. The van der Waals surface area contributed by atoms with E-state index in [1.165, 1.54) is 70.7 Å². The van der Waals surface area contributed by atoms with Crippen LogP contribution in [0.2, 0.25) is 0 Å². The lowest BCUT2D eigenvalue weighted by molar-refractivity contribution is 1.37. The number of nitrogens with one attached hydrogen (secondary N) is 1. The van der Waals surface area contributed by atoms with Gasteiger partial charge in [0.05, 0.1) is 16.6 Å². The van der Waals surface area contributed by atoms with Gasteiger partial charge in [0.1, 0.15) is 0 Å². The fraction of sp³-hybridized carbons (Fsp3) is 0. The summed E-state index contributed by atoms with van der Waals surface area (Å²) in [5.74, 6) is 0. The van der Waals surface area contributed by atoms with Crippen LogP contribution in [0.15, 0.2) is 89.4 Å². The summed E-state index contributed by atoms with van der Waals surface area (Å²) < 4.78 is 3.55. The van der Waals surface area contributed by atoms with E-state index in [-0.39, 0.29) is 0 Å². The van der Waals surface area contributed by atoms with Gasteiger partial charge in [-0.15, -0.1) is 0 Å². The average molecular weight is 459 g/mol. The van der Waals surface area contributed by atoms with E-state index in [9.17, 15) is 0 Å². The van der Waals surface area contributed by atoms with Gasteiger partial charge >= 0.3 is 0 Å². The summed E-state index contributed by atoms with van der Waals surface area (Å²) >= 11 is 3.64. The minimum Gasteiger partial charge on any atom is -0.354 e. The minimum atomic E-state index is 1.10. The molecule has 8 rings (SSSR count). The number of hydrogen-bond acceptors (Lipinski definition) is 0. The SMILES string of the molecule is Brc1ccc2[nH]c3cc4ccc5c(c4cc3c2c1)c1cccc2c3ccccc3n5c21. The summed E-state index contributed by atoms with van der Waals surface area (Å²) in [4.78, 5) is 3.60. The Balaban J connectivity index is 1.66. The Labute approximate surface area is 185 Å². The molecule has 0 saturated heterocycles. The second kappa shape index (κ2) is 5.37. The van der Waals surface area contributed by atoms with Gasteiger partial charge in [-0.2, -0.15) is 0 Å². The van der Waals surface area contributed by atoms with Crippen LogP contribution in [-0.2, 0) is 0 Å². The highest BCUT2D eigenvalue weighted by molar-refractivity contribution is 9.10. The maximum absolute atomic E-state index is 3.64. The van der Waals surface area contributed by atoms with Crippen molar-refractivity contribution in [3.8, 4) is 0 Å². The van der Waals surface area contributed by atoms with Gasteiger partial charge in [-0.25, -0.2) is 0 Å². The van der Waals surface area contributed by atoms with Gasteiger partial charge in [0, 0.05) is 47.8 Å². The number of aromatic amines is 1. The lowest BCUT2D eigenvalue weighted by Gasteiger charge is -2.04. The normalized spacial score (nSPS) is 12.7. The predicted molar refractivity (Wildman–Crippen MR) is 136 cm³/mol. The third-order valence-corrected chi connectivity index (χ3v) is 7.38. The van der Waals surface area contributed by atoms with E-state index in [1.54, 1.807) is 0 Å². The molecular formula is C28H15BrN2. The van der Waals surface area contributed by atoms with Crippen LogP contribution in [0, 0.1) is 0 Å². The molecule has 0 amide bonds. The summed E-state index contributed by atoms with van der Waals surface area (Å²) in [6.07, 6.45) is 0. The molecule has 0 unspecified atom stereocenters. The molecule has 1 N–H and O–H groups in total. The van der Waals surface area contributed by atoms with Crippen molar-refractivity contribution in [2.45, 2.75) is 0 Å². The maximum atomic E-state index is 3.64. The monoisotopic (exact) mass is 458 g/mol. The first-order valence-electron chi connectivity index (χ1n) is 10.5. The van der Waals surface area contributed by atoms with Crippen molar-refractivity contribution >= 4 is 86.6 Å². The van der Waals surface area contributed by atoms with Crippen LogP contribution in [0.5, 0.6) is 0 Å². The zero-order chi connectivity index (χ0) is 20.3. The Morgan fingerprint density at radius 2 is 1.42 bits per heavy atom. The molecule has 3 aromatic heterocycles. The minimum absolute atomic E-state index is 1.10. The quantitative estimate of drug-likeness (QED) is 0.235. The molecule has 8 aromatic rings. The zero-order valence-electron chi connectivity index (χ0n) is 16.4. The maximum Gasteiger partial charge on any atom is 0.0620 e. The number of fused-ring (bicyclic) bond motifs is 11. The van der Waals surface area contributed by atoms with Crippen LogP contribution in [0.1, 0.15) is 0 Å². The van der Waals surface area contributed by atoms with Crippen molar-refractivity contribution in [3.05, 3.63) is 89.4 Å². The number of para-hydroxylation sites is 2. The summed E-state index contributed by atoms with van der Waals surface area (Å²) in [6, 6.07) is 31.1. The van der Waals surface area contributed by atoms with E-state index in [0.29, 0.717) is 0 Å². The first-order valence-corrected chi connectivity index (χ1v) is 11.3. The van der Waals surface area contributed by atoms with Crippen molar-refractivity contribution in [1.82, 2.24) is 9.38 Å². The van der Waals surface area contributed by atoms with Crippen molar-refractivity contribution < 1.29 is 0 Å². The van der Waals surface area contributed by atoms with Crippen LogP contribution in [0.3, 0.4) is 0 Å². The number of halogens is 1. The summed E-state index contributed by atoms with van der Waals surface area (Å²) in [5, 5.41) is 10.4. The topological polar surface area (TPSA) is 20.2 Å². The Kier molecular flexibility index (Phi) is 2.80. The second-order valence-corrected chi connectivity index (χ2v) is 9.36. The van der Waals surface area contributed by atoms with Crippen LogP contribution in [-0.4, -0.2) is 9.38 Å². The number of rotatable bonds is 0. The van der Waals surface area contributed by atoms with Crippen molar-refractivity contribution in [1.29, 1.82) is 0 Å². The van der Waals surface area contributed by atoms with Gasteiger partial charge in [-0.1, -0.05) is 58.4 Å². The smallest absolute Gasteiger partial charge is 0.0620 e. The standard InChI is InChI=1S/C28H15BrN2/c29-16-9-10-23-21(13-16)22-14-20-15(12-24(22)30-23)8-11-26-27(20)19-6-3-5-18-17-4-1-2-7-25(17)31(26)28(18)19/h1-14,30H. The van der Waals surface area contributed by atoms with E-state index in [1.807, 2.05) is 0 Å². The Bertz CT molecular complexity index is 2010. The Morgan fingerprint density at radius 3 is 2.39 bits per heavy atom. The van der Waals surface area contributed by atoms with Crippen LogP contribution in [0.25, 0.3) is 70.7 Å². The lowest BCUT2D eigenvalue weighted by Crippen LogP contribution is -1.81. The van der Waals surface area contributed by atoms with E-state index < -0.39 is 0 Å². The number of H-pyrrole nitrogens is 1. The van der Waals surface area contributed by atoms with Gasteiger partial charge in [-0.05, 0) is 53.2 Å². The molecule has 0 aliphatic rings. The predicted octanol–water partition coefficient (Wildman–Crippen LogP) is 8.39.